The number of rotatable bonds is 4. The summed E-state index contributed by atoms with van der Waals surface area (Å²) < 4.78 is 5.73. The van der Waals surface area contributed by atoms with Gasteiger partial charge in [-0.25, -0.2) is 0 Å². The van der Waals surface area contributed by atoms with Crippen LogP contribution in [0.15, 0.2) is 24.3 Å². The lowest BCUT2D eigenvalue weighted by Gasteiger charge is -2.24. The molecule has 0 radical (unpaired) electrons. The van der Waals surface area contributed by atoms with Crippen LogP contribution >= 0.6 is 0 Å². The minimum atomic E-state index is 0.228. The minimum Gasteiger partial charge on any atom is -0.371 e. The molecule has 1 aromatic carbocycles. The predicted molar refractivity (Wildman–Crippen MR) is 70.3 cm³/mol. The summed E-state index contributed by atoms with van der Waals surface area (Å²) in [6.07, 6.45) is 1.34. The molecule has 94 valence electrons. The van der Waals surface area contributed by atoms with Gasteiger partial charge >= 0.3 is 0 Å². The normalized spacial score (nSPS) is 20.8. The van der Waals surface area contributed by atoms with Gasteiger partial charge in [-0.1, -0.05) is 24.3 Å². The number of hydrogen-bond donors (Lipinski definition) is 1. The fraction of sp³-hybridized carbons (Fsp3) is 0.571. The van der Waals surface area contributed by atoms with E-state index in [1.807, 2.05) is 0 Å². The van der Waals surface area contributed by atoms with Gasteiger partial charge in [-0.2, -0.15) is 0 Å². The molecule has 17 heavy (non-hydrogen) atoms. The second-order valence-corrected chi connectivity index (χ2v) is 4.86. The lowest BCUT2D eigenvalue weighted by molar-refractivity contribution is 0.0277. The van der Waals surface area contributed by atoms with E-state index in [9.17, 15) is 0 Å². The highest BCUT2D eigenvalue weighted by atomic mass is 16.5. The van der Waals surface area contributed by atoms with E-state index in [4.69, 9.17) is 4.74 Å². The van der Waals surface area contributed by atoms with Crippen molar-refractivity contribution in [2.75, 3.05) is 40.3 Å². The third kappa shape index (κ3) is 3.80. The van der Waals surface area contributed by atoms with E-state index in [1.54, 1.807) is 0 Å². The van der Waals surface area contributed by atoms with Crippen molar-refractivity contribution in [1.82, 2.24) is 10.2 Å². The third-order valence-corrected chi connectivity index (χ3v) is 3.13. The Hall–Kier alpha value is -0.900. The van der Waals surface area contributed by atoms with Crippen molar-refractivity contribution in [2.45, 2.75) is 12.5 Å². The lowest BCUT2D eigenvalue weighted by Crippen LogP contribution is -2.33. The van der Waals surface area contributed by atoms with Gasteiger partial charge < -0.3 is 15.0 Å². The van der Waals surface area contributed by atoms with Crippen LogP contribution in [0.2, 0.25) is 0 Å². The first-order chi connectivity index (χ1) is 8.25. The van der Waals surface area contributed by atoms with E-state index in [2.05, 4.69) is 48.6 Å². The molecule has 1 aromatic rings. The van der Waals surface area contributed by atoms with E-state index in [-0.39, 0.29) is 6.10 Å². The molecule has 1 fully saturated rings. The first-order valence-electron chi connectivity index (χ1n) is 6.31. The molecule has 0 bridgehead atoms. The molecule has 0 aliphatic carbocycles. The van der Waals surface area contributed by atoms with Crippen molar-refractivity contribution in [3.05, 3.63) is 35.4 Å². The summed E-state index contributed by atoms with van der Waals surface area (Å²) in [6, 6.07) is 8.83. The zero-order chi connectivity index (χ0) is 12.1. The molecule has 0 spiro atoms. The van der Waals surface area contributed by atoms with Crippen LogP contribution < -0.4 is 5.32 Å². The molecule has 3 heteroatoms. The molecule has 0 aromatic heterocycles. The highest BCUT2D eigenvalue weighted by Crippen LogP contribution is 2.19. The maximum atomic E-state index is 5.73. The van der Waals surface area contributed by atoms with E-state index in [0.29, 0.717) is 0 Å². The molecule has 2 rings (SSSR count). The molecule has 1 atom stereocenters. The van der Waals surface area contributed by atoms with Crippen LogP contribution in [0.4, 0.5) is 0 Å². The predicted octanol–water partition coefficient (Wildman–Crippen LogP) is 1.45. The van der Waals surface area contributed by atoms with Gasteiger partial charge in [-0.05, 0) is 31.6 Å². The molecular formula is C14H22N2O. The molecule has 1 aliphatic rings. The third-order valence-electron chi connectivity index (χ3n) is 3.13. The average molecular weight is 234 g/mol. The van der Waals surface area contributed by atoms with Crippen molar-refractivity contribution in [2.24, 2.45) is 0 Å². The van der Waals surface area contributed by atoms with E-state index in [1.165, 1.54) is 11.1 Å². The van der Waals surface area contributed by atoms with Crippen molar-refractivity contribution in [3.63, 3.8) is 0 Å². The molecule has 1 heterocycles. The van der Waals surface area contributed by atoms with Gasteiger partial charge in [0.25, 0.3) is 0 Å². The summed E-state index contributed by atoms with van der Waals surface area (Å²) in [5.74, 6) is 0. The number of morpholine rings is 1. The van der Waals surface area contributed by atoms with Crippen LogP contribution in [0, 0.1) is 0 Å². The van der Waals surface area contributed by atoms with Gasteiger partial charge in [-0.3, -0.25) is 0 Å². The minimum absolute atomic E-state index is 0.228. The maximum Gasteiger partial charge on any atom is 0.0949 e. The zero-order valence-electron chi connectivity index (χ0n) is 10.8. The lowest BCUT2D eigenvalue weighted by atomic mass is 10.0. The fourth-order valence-electron chi connectivity index (χ4n) is 2.03. The Morgan fingerprint density at radius 1 is 1.29 bits per heavy atom. The van der Waals surface area contributed by atoms with Gasteiger partial charge in [0.1, 0.15) is 0 Å². The van der Waals surface area contributed by atoms with Crippen LogP contribution in [0.1, 0.15) is 17.2 Å². The first kappa shape index (κ1) is 12.6. The first-order valence-corrected chi connectivity index (χ1v) is 6.31. The van der Waals surface area contributed by atoms with Crippen molar-refractivity contribution >= 4 is 0 Å². The molecule has 1 aliphatic heterocycles. The molecule has 0 amide bonds. The number of likely N-dealkylation sites (N-methyl/N-ethyl adjacent to an activating group) is 1. The zero-order valence-corrected chi connectivity index (χ0v) is 10.8. The quantitative estimate of drug-likeness (QED) is 0.853. The van der Waals surface area contributed by atoms with Gasteiger partial charge in [0, 0.05) is 19.6 Å². The Bertz CT molecular complexity index is 329. The van der Waals surface area contributed by atoms with Crippen LogP contribution in [0.25, 0.3) is 0 Å². The number of nitrogens with one attached hydrogen (secondary N) is 1. The summed E-state index contributed by atoms with van der Waals surface area (Å²) >= 11 is 0. The van der Waals surface area contributed by atoms with E-state index < -0.39 is 0 Å². The Balaban J connectivity index is 1.92. The SMILES string of the molecule is CN(C)CCc1ccc(C2CNCCO2)cc1. The Morgan fingerprint density at radius 2 is 2.06 bits per heavy atom. The van der Waals surface area contributed by atoms with Gasteiger partial charge in [0.15, 0.2) is 0 Å². The Morgan fingerprint density at radius 3 is 2.65 bits per heavy atom. The van der Waals surface area contributed by atoms with Crippen molar-refractivity contribution in [1.29, 1.82) is 0 Å². The Labute approximate surface area is 104 Å². The number of ether oxygens (including phenoxy) is 1. The molecule has 1 saturated heterocycles. The second-order valence-electron chi connectivity index (χ2n) is 4.86. The average Bonchev–Trinajstić information content (AvgIpc) is 2.38. The van der Waals surface area contributed by atoms with E-state index in [0.717, 1.165) is 32.7 Å². The monoisotopic (exact) mass is 234 g/mol. The largest absolute Gasteiger partial charge is 0.371 e. The standard InChI is InChI=1S/C14H22N2O/c1-16(2)9-7-12-3-5-13(6-4-12)14-11-15-8-10-17-14/h3-6,14-15H,7-11H2,1-2H3. The summed E-state index contributed by atoms with van der Waals surface area (Å²) in [7, 11) is 4.21. The topological polar surface area (TPSA) is 24.5 Å². The number of nitrogens with zero attached hydrogens (tertiary/aromatic N) is 1. The summed E-state index contributed by atoms with van der Waals surface area (Å²) in [5.41, 5.74) is 2.68. The highest BCUT2D eigenvalue weighted by Gasteiger charge is 2.14. The van der Waals surface area contributed by atoms with Gasteiger partial charge in [0.05, 0.1) is 12.7 Å². The summed E-state index contributed by atoms with van der Waals surface area (Å²) in [6.45, 7) is 3.81. The molecule has 0 saturated carbocycles. The second kappa shape index (κ2) is 6.15. The molecule has 1 N–H and O–H groups in total. The van der Waals surface area contributed by atoms with Crippen molar-refractivity contribution in [3.8, 4) is 0 Å². The van der Waals surface area contributed by atoms with Crippen LogP contribution in [0.3, 0.4) is 0 Å². The Kier molecular flexibility index (Phi) is 4.54. The van der Waals surface area contributed by atoms with Crippen molar-refractivity contribution < 1.29 is 4.74 Å². The summed E-state index contributed by atoms with van der Waals surface area (Å²) in [4.78, 5) is 2.21. The smallest absolute Gasteiger partial charge is 0.0949 e. The molecule has 3 nitrogen and oxygen atoms in total. The molecular weight excluding hydrogens is 212 g/mol. The van der Waals surface area contributed by atoms with Crippen LogP contribution in [-0.2, 0) is 11.2 Å². The van der Waals surface area contributed by atoms with Gasteiger partial charge in [-0.15, -0.1) is 0 Å². The number of benzene rings is 1. The van der Waals surface area contributed by atoms with E-state index >= 15 is 0 Å². The number of hydrogen-bond acceptors (Lipinski definition) is 3. The highest BCUT2D eigenvalue weighted by molar-refractivity contribution is 5.25. The van der Waals surface area contributed by atoms with Gasteiger partial charge in [0.2, 0.25) is 0 Å². The van der Waals surface area contributed by atoms with Crippen LogP contribution in [0.5, 0.6) is 0 Å². The maximum absolute atomic E-state index is 5.73. The molecule has 1 unspecified atom stereocenters. The fourth-order valence-corrected chi connectivity index (χ4v) is 2.03. The van der Waals surface area contributed by atoms with Crippen LogP contribution in [-0.4, -0.2) is 45.2 Å². The summed E-state index contributed by atoms with van der Waals surface area (Å²) in [5, 5.41) is 3.36.